The number of aliphatic hydroxyl groups excluding tert-OH is 3. The minimum atomic E-state index is -1.87. The van der Waals surface area contributed by atoms with Crippen molar-refractivity contribution < 1.29 is 102 Å². The summed E-state index contributed by atoms with van der Waals surface area (Å²) in [6.45, 7) is 1.00. The first-order chi connectivity index (χ1) is 62.0. The summed E-state index contributed by atoms with van der Waals surface area (Å²) in [6, 6.07) is -2.34. The number of fused-ring (bicyclic) bond motifs is 4. The highest BCUT2D eigenvalue weighted by molar-refractivity contribution is 8.00. The first-order valence-corrected chi connectivity index (χ1v) is 45.3. The number of aromatic amines is 1. The molecule has 0 saturated carbocycles. The molecule has 23 N–H and O–H groups in total. The molecule has 5 aromatic rings. The Labute approximate surface area is 759 Å². The van der Waals surface area contributed by atoms with Gasteiger partial charge in [-0.2, -0.15) is 0 Å². The Hall–Kier alpha value is -12.6. The number of carbonyl (C=O) groups is 17. The van der Waals surface area contributed by atoms with Gasteiger partial charge in [0.2, 0.25) is 100 Å². The zero-order valence-electron chi connectivity index (χ0n) is 73.6. The Morgan fingerprint density at radius 3 is 1.65 bits per heavy atom. The number of likely N-dealkylation sites (N-methyl/N-ethyl adjacent to an activating group) is 3. The van der Waals surface area contributed by atoms with E-state index < -0.39 is 242 Å². The number of nitrogens with one attached hydrogen (secondary N) is 13. The zero-order chi connectivity index (χ0) is 95.2. The van der Waals surface area contributed by atoms with Crippen LogP contribution in [-0.4, -0.2) is 320 Å². The van der Waals surface area contributed by atoms with E-state index in [1.807, 2.05) is 32.0 Å². The summed E-state index contributed by atoms with van der Waals surface area (Å²) in [4.78, 5) is 256. The number of amides is 17. The van der Waals surface area contributed by atoms with Gasteiger partial charge in [0.15, 0.2) is 5.96 Å². The molecule has 0 radical (unpaired) electrons. The van der Waals surface area contributed by atoms with Gasteiger partial charge in [-0.15, -0.1) is 23.1 Å². The Bertz CT molecular complexity index is 4880. The summed E-state index contributed by atoms with van der Waals surface area (Å²) in [5.74, 6) is -18.0. The van der Waals surface area contributed by atoms with E-state index in [4.69, 9.17) is 22.6 Å². The largest absolute Gasteiger partial charge is 0.508 e. The number of nitrogens with zero attached hydrogens (tertiary/aromatic N) is 5. The van der Waals surface area contributed by atoms with Crippen LogP contribution in [0, 0.1) is 5.41 Å². The lowest BCUT2D eigenvalue weighted by Gasteiger charge is -2.36. The number of nitrogens with two attached hydrogens (primary N) is 3. The van der Waals surface area contributed by atoms with E-state index in [9.17, 15) is 78.0 Å². The molecule has 5 heterocycles. The van der Waals surface area contributed by atoms with Crippen molar-refractivity contribution in [2.24, 2.45) is 17.2 Å². The summed E-state index contributed by atoms with van der Waals surface area (Å²) in [5.41, 5.74) is 18.8. The van der Waals surface area contributed by atoms with Crippen molar-refractivity contribution in [3.05, 3.63) is 101 Å². The molecule has 42 nitrogen and oxygen atoms in total. The van der Waals surface area contributed by atoms with E-state index in [2.05, 4.69) is 63.5 Å². The number of para-hydroxylation sites is 1. The van der Waals surface area contributed by atoms with Gasteiger partial charge in [-0.1, -0.05) is 88.1 Å². The normalized spacial score (nSPS) is 24.6. The number of phenolic OH excluding ortho intramolecular Hbond substituents is 1. The molecule has 0 bridgehead atoms. The molecule has 0 aliphatic carbocycles. The number of hydrogen-bond donors (Lipinski definition) is 20. The molecular weight excluding hydrogens is 1730 g/mol. The van der Waals surface area contributed by atoms with E-state index in [0.717, 1.165) is 41.0 Å². The Morgan fingerprint density at radius 1 is 0.508 bits per heavy atom. The van der Waals surface area contributed by atoms with Crippen molar-refractivity contribution in [3.8, 4) is 5.75 Å². The molecule has 3 aliphatic rings. The third kappa shape index (κ3) is 28.5. The zero-order valence-corrected chi connectivity index (χ0v) is 75.2. The van der Waals surface area contributed by atoms with Crippen molar-refractivity contribution >= 4 is 150 Å². The number of unbranched alkanes of at least 4 members (excludes halogenated alkanes) is 2. The van der Waals surface area contributed by atoms with Gasteiger partial charge in [-0.3, -0.25) is 86.9 Å². The topological polar surface area (TPSA) is 637 Å². The van der Waals surface area contributed by atoms with Gasteiger partial charge in [0.1, 0.15) is 90.3 Å². The number of aromatic nitrogens is 1. The molecular formula is C86H121N21O21S2. The minimum absolute atomic E-state index is 0.00228. The maximum atomic E-state index is 15.7. The standard InChI is InChI=1S/C86H121N21O21S2/c1-7-9-22-64-78(121)95-55(21-15-32-91-86(89)90)74(117)102-63(73(116)93-41-70(88)113)45-129-46-71(114)94-58(36-48-27-29-51(111)30-28-48)81(124)103(4)47(3)72(115)98-60(39-69(87)112)83(126)106-33-16-24-65(106)79(122)96-56(31-35-108)75(118)101-62(43-110)84(127)107-34-17-25-66(107)80(123)97-57(37-49-40-92-54-20-13-11-18-52(49)54)76(119)100-61(42-109)77(120)99-59(38-50-44-130-68-26-14-12-19-53(50)68)82(125)105(6)67(23-10-8-2)85(128)104(64)5/h11-14,18-20,26-30,40,44,47,55-67,92,108-111H,7-10,15-17,21-25,31-39,41-43,45-46H2,1-6H3,(H2,87,112)(H2,88,113)(H,93,116)(H,94,114)(H,95,121)(H,96,122)(H,97,123)(H,98,115)(H,99,120)(H,100,119)(H,101,118)(H,102,117)(H4,89,90,91)/t47-,55-,56-,57-,58-,59-,60-,61-,62-,63?,64-,65-,66-,67-/m0/s1. The number of thioether (sulfide) groups is 1. The van der Waals surface area contributed by atoms with Gasteiger partial charge >= 0.3 is 0 Å². The third-order valence-electron chi connectivity index (χ3n) is 23.1. The molecule has 17 amide bonds. The lowest BCUT2D eigenvalue weighted by Crippen LogP contribution is -2.62. The summed E-state index contributed by atoms with van der Waals surface area (Å²) < 4.78 is 0.811. The number of phenols is 1. The molecule has 130 heavy (non-hydrogen) atoms. The maximum Gasteiger partial charge on any atom is 0.248 e. The Morgan fingerprint density at radius 2 is 1.03 bits per heavy atom. The average molecular weight is 1850 g/mol. The number of primary amides is 2. The predicted molar refractivity (Wildman–Crippen MR) is 479 cm³/mol. The van der Waals surface area contributed by atoms with Crippen LogP contribution in [0.15, 0.2) is 84.4 Å². The van der Waals surface area contributed by atoms with E-state index in [1.54, 1.807) is 41.9 Å². The van der Waals surface area contributed by atoms with Crippen LogP contribution < -0.4 is 75.7 Å². The Kier molecular flexibility index (Phi) is 39.4. The van der Waals surface area contributed by atoms with Crippen LogP contribution in [0.4, 0.5) is 0 Å². The molecule has 708 valence electrons. The quantitative estimate of drug-likeness (QED) is 0.0151. The average Bonchev–Trinajstić information content (AvgIpc) is 1.62. The van der Waals surface area contributed by atoms with Crippen LogP contribution in [0.1, 0.15) is 127 Å². The summed E-state index contributed by atoms with van der Waals surface area (Å²) in [5, 5.41) is 81.7. The van der Waals surface area contributed by atoms with Gasteiger partial charge < -0.3 is 126 Å². The molecule has 3 aromatic carbocycles. The number of aliphatic hydroxyl groups is 3. The van der Waals surface area contributed by atoms with Crippen molar-refractivity contribution in [2.45, 2.75) is 215 Å². The van der Waals surface area contributed by atoms with E-state index >= 15 is 24.0 Å². The molecule has 1 unspecified atom stereocenters. The van der Waals surface area contributed by atoms with Crippen LogP contribution in [0.3, 0.4) is 0 Å². The number of benzene rings is 3. The van der Waals surface area contributed by atoms with Crippen molar-refractivity contribution in [2.75, 3.05) is 78.6 Å². The fourth-order valence-corrected chi connectivity index (χ4v) is 17.6. The number of rotatable bonds is 25. The van der Waals surface area contributed by atoms with Crippen LogP contribution >= 0.6 is 23.1 Å². The van der Waals surface area contributed by atoms with Gasteiger partial charge in [0.05, 0.1) is 31.9 Å². The van der Waals surface area contributed by atoms with Crippen molar-refractivity contribution in [3.63, 3.8) is 0 Å². The molecule has 3 aliphatic heterocycles. The fraction of sp³-hybridized carbons (Fsp3) is 0.535. The predicted octanol–water partition coefficient (Wildman–Crippen LogP) is -3.80. The summed E-state index contributed by atoms with van der Waals surface area (Å²) in [7, 11) is 3.89. The first-order valence-electron chi connectivity index (χ1n) is 43.3. The minimum Gasteiger partial charge on any atom is -0.508 e. The molecule has 14 atom stereocenters. The number of carbonyl (C=O) groups excluding carboxylic acids is 17. The van der Waals surface area contributed by atoms with E-state index in [0.29, 0.717) is 58.7 Å². The molecule has 8 rings (SSSR count). The molecule has 2 aromatic heterocycles. The number of guanidine groups is 1. The lowest BCUT2D eigenvalue weighted by molar-refractivity contribution is -0.149. The second-order valence-electron chi connectivity index (χ2n) is 32.5. The molecule has 3 saturated heterocycles. The van der Waals surface area contributed by atoms with Crippen molar-refractivity contribution in [1.29, 1.82) is 5.41 Å². The fourth-order valence-electron chi connectivity index (χ4n) is 15.7. The highest BCUT2D eigenvalue weighted by atomic mass is 32.2. The SMILES string of the molecule is CCCC[C@H]1C(=O)N(C)[C@@H](CCCC)C(=O)N[C@@H](CCCNC(=N)N)C(=O)NC(C(=O)NCC(N)=O)CSCC(=O)N[C@@H](Cc2ccc(O)cc2)C(=O)N(C)[C@@H](C)C(=O)N[C@@H](CC(N)=O)C(=O)N2CCC[C@H]2C(=O)N[C@@H](CCO)C(=O)N[C@@H](CO)C(=O)N2CCC[C@H]2C(=O)N[C@@H](Cc2c[nH]c3ccccc23)C(=O)N[C@@H](CO)C(=O)N[C@@H](Cc2csc3ccccc23)C(=O)N1C. The third-order valence-corrected chi connectivity index (χ3v) is 25.1. The van der Waals surface area contributed by atoms with Gasteiger partial charge in [0, 0.05) is 94.2 Å². The van der Waals surface area contributed by atoms with Gasteiger partial charge in [-0.05, 0) is 116 Å². The molecule has 0 spiro atoms. The van der Waals surface area contributed by atoms with Crippen LogP contribution in [-0.2, 0) is 101 Å². The van der Waals surface area contributed by atoms with Gasteiger partial charge in [-0.25, -0.2) is 0 Å². The van der Waals surface area contributed by atoms with E-state index in [1.165, 1.54) is 63.7 Å². The number of H-pyrrole nitrogens is 1. The monoisotopic (exact) mass is 1850 g/mol. The second kappa shape index (κ2) is 49.9. The second-order valence-corrected chi connectivity index (χ2v) is 34.4. The number of hydrogen-bond acceptors (Lipinski definition) is 24. The summed E-state index contributed by atoms with van der Waals surface area (Å²) >= 11 is 2.10. The van der Waals surface area contributed by atoms with Crippen LogP contribution in [0.2, 0.25) is 0 Å². The van der Waals surface area contributed by atoms with E-state index in [-0.39, 0.29) is 96.0 Å². The lowest BCUT2D eigenvalue weighted by atomic mass is 10.00. The summed E-state index contributed by atoms with van der Waals surface area (Å²) in [6.07, 6.45) is 1.18. The number of aromatic hydroxyl groups is 1. The van der Waals surface area contributed by atoms with Crippen LogP contribution in [0.5, 0.6) is 5.75 Å². The van der Waals surface area contributed by atoms with Crippen molar-refractivity contribution in [1.82, 2.24) is 88.0 Å². The van der Waals surface area contributed by atoms with Gasteiger partial charge in [0.25, 0.3) is 0 Å². The highest BCUT2D eigenvalue weighted by Gasteiger charge is 2.45. The first kappa shape index (κ1) is 103. The van der Waals surface area contributed by atoms with Crippen LogP contribution in [0.25, 0.3) is 21.0 Å². The smallest absolute Gasteiger partial charge is 0.248 e. The number of thiophene rings is 1. The molecule has 44 heteroatoms. The maximum absolute atomic E-state index is 15.7. The molecule has 3 fully saturated rings. The Balaban J connectivity index is 1.17. The highest BCUT2D eigenvalue weighted by Crippen LogP contribution is 2.30.